The van der Waals surface area contributed by atoms with Gasteiger partial charge in [-0.3, -0.25) is 0 Å². The lowest BCUT2D eigenvalue weighted by Crippen LogP contribution is -2.02. The van der Waals surface area contributed by atoms with Crippen LogP contribution in [-0.2, 0) is 5.75 Å². The summed E-state index contributed by atoms with van der Waals surface area (Å²) in [6.07, 6.45) is 0. The van der Waals surface area contributed by atoms with Crippen LogP contribution in [0.3, 0.4) is 0 Å². The minimum Gasteiger partial charge on any atom is -0.478 e. The van der Waals surface area contributed by atoms with E-state index in [1.54, 1.807) is 0 Å². The van der Waals surface area contributed by atoms with Crippen molar-refractivity contribution in [2.45, 2.75) is 17.6 Å². The minimum atomic E-state index is -1.03. The number of carboxylic acid groups (broad SMARTS) is 1. The first-order valence-corrected chi connectivity index (χ1v) is 6.76. The summed E-state index contributed by atoms with van der Waals surface area (Å²) >= 11 is 1.50. The van der Waals surface area contributed by atoms with Gasteiger partial charge in [0.15, 0.2) is 0 Å². The summed E-state index contributed by atoms with van der Waals surface area (Å²) in [7, 11) is 0. The Morgan fingerprint density at radius 3 is 2.74 bits per heavy atom. The molecule has 98 valence electrons. The average Bonchev–Trinajstić information content (AvgIpc) is 2.36. The topological polar surface area (TPSA) is 37.3 Å². The van der Waals surface area contributed by atoms with Crippen LogP contribution in [0.4, 0.5) is 4.39 Å². The van der Waals surface area contributed by atoms with Crippen molar-refractivity contribution in [3.63, 3.8) is 0 Å². The van der Waals surface area contributed by atoms with E-state index in [2.05, 4.69) is 0 Å². The van der Waals surface area contributed by atoms with Crippen molar-refractivity contribution in [2.75, 3.05) is 0 Å². The molecule has 1 N–H and O–H groups in total. The molecular weight excluding hydrogens is 263 g/mol. The van der Waals surface area contributed by atoms with Gasteiger partial charge in [-0.15, -0.1) is 11.8 Å². The Morgan fingerprint density at radius 2 is 2.05 bits per heavy atom. The highest BCUT2D eigenvalue weighted by Crippen LogP contribution is 2.25. The maximum atomic E-state index is 13.2. The van der Waals surface area contributed by atoms with Gasteiger partial charge in [0.1, 0.15) is 5.82 Å². The molecule has 0 spiro atoms. The van der Waals surface area contributed by atoms with Crippen LogP contribution in [0.2, 0.25) is 0 Å². The third-order valence-electron chi connectivity index (χ3n) is 2.68. The highest BCUT2D eigenvalue weighted by molar-refractivity contribution is 7.98. The molecule has 0 radical (unpaired) electrons. The lowest BCUT2D eigenvalue weighted by Gasteiger charge is -2.07. The van der Waals surface area contributed by atoms with E-state index < -0.39 is 11.8 Å². The van der Waals surface area contributed by atoms with Gasteiger partial charge in [0.05, 0.1) is 5.56 Å². The Bertz CT molecular complexity index is 611. The molecule has 0 aliphatic heterocycles. The molecule has 0 saturated carbocycles. The van der Waals surface area contributed by atoms with Crippen molar-refractivity contribution in [1.82, 2.24) is 0 Å². The average molecular weight is 276 g/mol. The number of carbonyl (C=O) groups is 1. The van der Waals surface area contributed by atoms with Crippen LogP contribution in [0.25, 0.3) is 0 Å². The number of aryl methyl sites for hydroxylation is 1. The zero-order valence-electron chi connectivity index (χ0n) is 10.4. The molecule has 2 nitrogen and oxygen atoms in total. The second-order valence-corrected chi connectivity index (χ2v) is 5.26. The summed E-state index contributed by atoms with van der Waals surface area (Å²) in [5.74, 6) is -1.01. The number of halogens is 1. The number of hydrogen-bond donors (Lipinski definition) is 1. The molecule has 0 fully saturated rings. The van der Waals surface area contributed by atoms with E-state index >= 15 is 0 Å². The molecule has 0 saturated heterocycles. The molecule has 2 rings (SSSR count). The number of hydrogen-bond acceptors (Lipinski definition) is 2. The Morgan fingerprint density at radius 1 is 1.26 bits per heavy atom. The normalized spacial score (nSPS) is 10.4. The van der Waals surface area contributed by atoms with Crippen LogP contribution >= 0.6 is 11.8 Å². The fraction of sp³-hybridized carbons (Fsp3) is 0.133. The highest BCUT2D eigenvalue weighted by Gasteiger charge is 2.11. The Kier molecular flexibility index (Phi) is 4.22. The molecule has 4 heteroatoms. The maximum Gasteiger partial charge on any atom is 0.335 e. The summed E-state index contributed by atoms with van der Waals surface area (Å²) in [5.41, 5.74) is 1.79. The second kappa shape index (κ2) is 5.89. The van der Waals surface area contributed by atoms with Crippen LogP contribution in [0, 0.1) is 12.7 Å². The van der Waals surface area contributed by atoms with Crippen molar-refractivity contribution in [3.05, 3.63) is 65.0 Å². The molecule has 0 aromatic heterocycles. The first kappa shape index (κ1) is 13.6. The van der Waals surface area contributed by atoms with E-state index in [0.29, 0.717) is 11.3 Å². The van der Waals surface area contributed by atoms with E-state index in [1.165, 1.54) is 30.0 Å². The Labute approximate surface area is 115 Å². The van der Waals surface area contributed by atoms with Crippen molar-refractivity contribution in [2.24, 2.45) is 0 Å². The van der Waals surface area contributed by atoms with Gasteiger partial charge in [0.25, 0.3) is 0 Å². The number of thioether (sulfide) groups is 1. The van der Waals surface area contributed by atoms with E-state index in [-0.39, 0.29) is 5.56 Å². The molecule has 0 amide bonds. The maximum absolute atomic E-state index is 13.2. The minimum absolute atomic E-state index is 0.154. The van der Waals surface area contributed by atoms with E-state index in [0.717, 1.165) is 10.5 Å². The fourth-order valence-electron chi connectivity index (χ4n) is 1.76. The van der Waals surface area contributed by atoms with Crippen LogP contribution in [0.1, 0.15) is 21.5 Å². The van der Waals surface area contributed by atoms with Gasteiger partial charge in [-0.1, -0.05) is 17.7 Å². The molecule has 0 heterocycles. The van der Waals surface area contributed by atoms with Crippen molar-refractivity contribution in [3.8, 4) is 0 Å². The molecule has 0 aliphatic rings. The fourth-order valence-corrected chi connectivity index (χ4v) is 2.76. The van der Waals surface area contributed by atoms with Crippen LogP contribution in [-0.4, -0.2) is 11.1 Å². The van der Waals surface area contributed by atoms with Gasteiger partial charge >= 0.3 is 5.97 Å². The van der Waals surface area contributed by atoms with Crippen LogP contribution in [0.5, 0.6) is 0 Å². The SMILES string of the molecule is Cc1cccc(SCc2cc(F)ccc2C(=O)O)c1. The summed E-state index contributed by atoms with van der Waals surface area (Å²) < 4.78 is 13.2. The van der Waals surface area contributed by atoms with Crippen molar-refractivity contribution >= 4 is 17.7 Å². The highest BCUT2D eigenvalue weighted by atomic mass is 32.2. The van der Waals surface area contributed by atoms with E-state index in [9.17, 15) is 9.18 Å². The van der Waals surface area contributed by atoms with Crippen LogP contribution < -0.4 is 0 Å². The summed E-state index contributed by atoms with van der Waals surface area (Å²) in [6, 6.07) is 11.7. The van der Waals surface area contributed by atoms with Gasteiger partial charge in [-0.05, 0) is 42.8 Å². The zero-order chi connectivity index (χ0) is 13.8. The quantitative estimate of drug-likeness (QED) is 0.853. The molecular formula is C15H13FO2S. The second-order valence-electron chi connectivity index (χ2n) is 4.21. The lowest BCUT2D eigenvalue weighted by molar-refractivity contribution is 0.0696. The van der Waals surface area contributed by atoms with Gasteiger partial charge in [0, 0.05) is 10.6 Å². The predicted molar refractivity (Wildman–Crippen MR) is 74.1 cm³/mol. The first-order chi connectivity index (χ1) is 9.06. The van der Waals surface area contributed by atoms with E-state index in [1.807, 2.05) is 31.2 Å². The molecule has 0 bridgehead atoms. The molecule has 0 aliphatic carbocycles. The molecule has 19 heavy (non-hydrogen) atoms. The molecule has 2 aromatic rings. The molecule has 2 aromatic carbocycles. The smallest absolute Gasteiger partial charge is 0.335 e. The predicted octanol–water partition coefficient (Wildman–Crippen LogP) is 4.12. The third kappa shape index (κ3) is 3.58. The van der Waals surface area contributed by atoms with Crippen LogP contribution in [0.15, 0.2) is 47.4 Å². The van der Waals surface area contributed by atoms with Gasteiger partial charge in [-0.25, -0.2) is 9.18 Å². The van der Waals surface area contributed by atoms with Gasteiger partial charge < -0.3 is 5.11 Å². The zero-order valence-corrected chi connectivity index (χ0v) is 11.2. The van der Waals surface area contributed by atoms with E-state index in [4.69, 9.17) is 5.11 Å². The summed E-state index contributed by atoms with van der Waals surface area (Å²) in [6.45, 7) is 1.99. The molecule has 0 unspecified atom stereocenters. The number of benzene rings is 2. The Balaban J connectivity index is 2.19. The number of carboxylic acids is 1. The van der Waals surface area contributed by atoms with Gasteiger partial charge in [0.2, 0.25) is 0 Å². The number of rotatable bonds is 4. The van der Waals surface area contributed by atoms with Gasteiger partial charge in [-0.2, -0.15) is 0 Å². The van der Waals surface area contributed by atoms with Crippen molar-refractivity contribution in [1.29, 1.82) is 0 Å². The third-order valence-corrected chi connectivity index (χ3v) is 3.72. The standard InChI is InChI=1S/C15H13FO2S/c1-10-3-2-4-13(7-10)19-9-11-8-12(16)5-6-14(11)15(17)18/h2-8H,9H2,1H3,(H,17,18). The first-order valence-electron chi connectivity index (χ1n) is 5.77. The lowest BCUT2D eigenvalue weighted by atomic mass is 10.1. The summed E-state index contributed by atoms with van der Waals surface area (Å²) in [4.78, 5) is 12.1. The largest absolute Gasteiger partial charge is 0.478 e. The monoisotopic (exact) mass is 276 g/mol. The number of aromatic carboxylic acids is 1. The van der Waals surface area contributed by atoms with Crippen molar-refractivity contribution < 1.29 is 14.3 Å². The Hall–Kier alpha value is -1.81. The molecule has 0 atom stereocenters. The summed E-state index contributed by atoms with van der Waals surface area (Å²) in [5, 5.41) is 9.07.